The maximum absolute atomic E-state index is 16.6. The minimum atomic E-state index is -1.17. The quantitative estimate of drug-likeness (QED) is 0.317. The lowest BCUT2D eigenvalue weighted by Gasteiger charge is -2.40. The summed E-state index contributed by atoms with van der Waals surface area (Å²) >= 11 is 6.74. The van der Waals surface area contributed by atoms with Gasteiger partial charge in [-0.2, -0.15) is 0 Å². The summed E-state index contributed by atoms with van der Waals surface area (Å²) in [4.78, 5) is 28.8. The summed E-state index contributed by atoms with van der Waals surface area (Å²) in [5, 5.41) is 2.29. The van der Waals surface area contributed by atoms with Gasteiger partial charge in [0.15, 0.2) is 17.2 Å². The molecule has 2 unspecified atom stereocenters. The third kappa shape index (κ3) is 4.41. The van der Waals surface area contributed by atoms with Gasteiger partial charge >= 0.3 is 6.09 Å². The van der Waals surface area contributed by atoms with Crippen molar-refractivity contribution in [3.8, 4) is 22.6 Å². The maximum atomic E-state index is 16.6. The first-order valence-corrected chi connectivity index (χ1v) is 16.2. The number of carbonyl (C=O) groups is 2. The molecule has 5 aliphatic rings. The van der Waals surface area contributed by atoms with Crippen LogP contribution in [0.3, 0.4) is 0 Å². The normalized spacial score (nSPS) is 26.2. The lowest BCUT2D eigenvalue weighted by Crippen LogP contribution is -2.53. The molecule has 0 radical (unpaired) electrons. The van der Waals surface area contributed by atoms with Crippen molar-refractivity contribution in [3.05, 3.63) is 81.4 Å². The minimum absolute atomic E-state index is 0.0284. The Kier molecular flexibility index (Phi) is 6.31. The largest absolute Gasteiger partial charge is 0.486 e. The first-order valence-electron chi connectivity index (χ1n) is 15.9. The van der Waals surface area contributed by atoms with Gasteiger partial charge < -0.3 is 24.4 Å². The van der Waals surface area contributed by atoms with E-state index >= 15 is 8.78 Å². The number of benzene rings is 3. The van der Waals surface area contributed by atoms with Crippen molar-refractivity contribution in [1.29, 1.82) is 0 Å². The monoisotopic (exact) mass is 648 g/mol. The van der Waals surface area contributed by atoms with Crippen molar-refractivity contribution in [2.75, 3.05) is 13.6 Å². The van der Waals surface area contributed by atoms with E-state index in [1.165, 1.54) is 13.1 Å². The number of ether oxygens (including phenoxy) is 3. The van der Waals surface area contributed by atoms with Crippen molar-refractivity contribution in [1.82, 2.24) is 10.2 Å². The van der Waals surface area contributed by atoms with Crippen LogP contribution in [0.25, 0.3) is 11.1 Å². The molecule has 0 aromatic heterocycles. The van der Waals surface area contributed by atoms with Gasteiger partial charge in [-0.1, -0.05) is 41.9 Å². The Labute approximate surface area is 271 Å². The Hall–Kier alpha value is -3.85. The number of nitrogens with one attached hydrogen (secondary N) is 1. The van der Waals surface area contributed by atoms with Gasteiger partial charge in [-0.25, -0.2) is 13.6 Å². The first-order chi connectivity index (χ1) is 21.8. The Balaban J connectivity index is 1.32. The summed E-state index contributed by atoms with van der Waals surface area (Å²) in [6.45, 7) is 6.01. The highest BCUT2D eigenvalue weighted by molar-refractivity contribution is 6.34. The Morgan fingerprint density at radius 1 is 1.11 bits per heavy atom. The molecule has 8 rings (SSSR count). The minimum Gasteiger partial charge on any atom is -0.486 e. The standard InChI is InChI=1S/C36H35ClF2N2O5/c1-34(2,3)46-33(43)41-17-35(10-11-35)16-26(41)36(18-8-6-5-7-9-18)15-22-25(45-36)14-23(38)29(37)27(22)28-21(32(42)40-4)12-20-19-13-24(19)44-31(20)30(28)39/h5-9,12,14,19,24,26H,10-11,13,15-17H2,1-4H3,(H,40,42)/t19?,24?,26-,36-/m0/s1. The van der Waals surface area contributed by atoms with Crippen molar-refractivity contribution >= 4 is 23.6 Å². The highest BCUT2D eigenvalue weighted by Crippen LogP contribution is 2.62. The van der Waals surface area contributed by atoms with E-state index in [0.29, 0.717) is 24.1 Å². The van der Waals surface area contributed by atoms with Crippen molar-refractivity contribution < 1.29 is 32.6 Å². The third-order valence-electron chi connectivity index (χ3n) is 10.3. The van der Waals surface area contributed by atoms with Crippen molar-refractivity contribution in [3.63, 3.8) is 0 Å². The number of nitrogens with zero attached hydrogens (tertiary/aromatic N) is 1. The third-order valence-corrected chi connectivity index (χ3v) is 10.7. The molecule has 3 heterocycles. The molecular weight excluding hydrogens is 614 g/mol. The summed E-state index contributed by atoms with van der Waals surface area (Å²) in [5.41, 5.74) is -0.0675. The molecule has 3 fully saturated rings. The van der Waals surface area contributed by atoms with Crippen LogP contribution in [0.2, 0.25) is 5.02 Å². The van der Waals surface area contributed by atoms with E-state index in [4.69, 9.17) is 25.8 Å². The van der Waals surface area contributed by atoms with E-state index in [1.807, 2.05) is 51.1 Å². The van der Waals surface area contributed by atoms with Gasteiger partial charge in [-0.15, -0.1) is 0 Å². The number of hydrogen-bond acceptors (Lipinski definition) is 5. The molecule has 240 valence electrons. The molecule has 1 N–H and O–H groups in total. The van der Waals surface area contributed by atoms with E-state index in [1.54, 1.807) is 11.0 Å². The zero-order chi connectivity index (χ0) is 32.3. The Bertz CT molecular complexity index is 1820. The maximum Gasteiger partial charge on any atom is 0.410 e. The zero-order valence-electron chi connectivity index (χ0n) is 26.1. The number of fused-ring (bicyclic) bond motifs is 4. The second kappa shape index (κ2) is 9.83. The molecule has 2 saturated carbocycles. The van der Waals surface area contributed by atoms with E-state index in [-0.39, 0.29) is 57.1 Å². The molecule has 4 atom stereocenters. The summed E-state index contributed by atoms with van der Waals surface area (Å²) in [5.74, 6) is -1.78. The van der Waals surface area contributed by atoms with Gasteiger partial charge in [-0.05, 0) is 63.5 Å². The van der Waals surface area contributed by atoms with Crippen LogP contribution in [-0.2, 0) is 16.8 Å². The fourth-order valence-corrected chi connectivity index (χ4v) is 8.10. The molecule has 2 amide bonds. The highest BCUT2D eigenvalue weighted by atomic mass is 35.5. The number of halogens is 3. The van der Waals surface area contributed by atoms with E-state index < -0.39 is 40.9 Å². The molecule has 0 bridgehead atoms. The molecule has 3 aromatic carbocycles. The number of carbonyl (C=O) groups excluding carboxylic acids is 2. The van der Waals surface area contributed by atoms with Crippen LogP contribution in [0.1, 0.15) is 79.4 Å². The average molecular weight is 649 g/mol. The van der Waals surface area contributed by atoms with Crippen LogP contribution in [0.5, 0.6) is 11.5 Å². The first kappa shape index (κ1) is 29.5. The zero-order valence-corrected chi connectivity index (χ0v) is 26.9. The fourth-order valence-electron chi connectivity index (χ4n) is 7.83. The summed E-state index contributed by atoms with van der Waals surface area (Å²) in [7, 11) is 1.47. The predicted molar refractivity (Wildman–Crippen MR) is 167 cm³/mol. The molecule has 10 heteroatoms. The second-order valence-corrected chi connectivity index (χ2v) is 14.9. The number of rotatable bonds is 4. The van der Waals surface area contributed by atoms with Gasteiger partial charge in [0.2, 0.25) is 0 Å². The lowest BCUT2D eigenvalue weighted by atomic mass is 9.78. The molecule has 1 saturated heterocycles. The van der Waals surface area contributed by atoms with Crippen LogP contribution in [0.4, 0.5) is 13.6 Å². The smallest absolute Gasteiger partial charge is 0.410 e. The predicted octanol–water partition coefficient (Wildman–Crippen LogP) is 7.51. The fraction of sp³-hybridized carbons (Fsp3) is 0.444. The lowest BCUT2D eigenvalue weighted by molar-refractivity contribution is -0.0216. The summed E-state index contributed by atoms with van der Waals surface area (Å²) in [6, 6.07) is 11.9. The van der Waals surface area contributed by atoms with Crippen molar-refractivity contribution in [2.45, 2.75) is 82.1 Å². The molecular formula is C36H35ClF2N2O5. The van der Waals surface area contributed by atoms with Crippen LogP contribution in [0, 0.1) is 17.0 Å². The Morgan fingerprint density at radius 3 is 2.52 bits per heavy atom. The molecule has 1 spiro atoms. The van der Waals surface area contributed by atoms with E-state index in [2.05, 4.69) is 5.32 Å². The molecule has 3 aliphatic heterocycles. The topological polar surface area (TPSA) is 77.1 Å². The van der Waals surface area contributed by atoms with Gasteiger partial charge in [0, 0.05) is 54.3 Å². The Morgan fingerprint density at radius 2 is 1.85 bits per heavy atom. The highest BCUT2D eigenvalue weighted by Gasteiger charge is 2.63. The average Bonchev–Trinajstić information content (AvgIpc) is 3.83. The molecule has 46 heavy (non-hydrogen) atoms. The molecule has 7 nitrogen and oxygen atoms in total. The number of likely N-dealkylation sites (tertiary alicyclic amines) is 1. The number of hydrogen-bond donors (Lipinski definition) is 1. The van der Waals surface area contributed by atoms with E-state index in [0.717, 1.165) is 24.8 Å². The summed E-state index contributed by atoms with van der Waals surface area (Å²) < 4.78 is 51.1. The molecule has 3 aromatic rings. The number of amides is 2. The second-order valence-electron chi connectivity index (χ2n) is 14.5. The van der Waals surface area contributed by atoms with Crippen molar-refractivity contribution in [2.24, 2.45) is 5.41 Å². The molecule has 2 aliphatic carbocycles. The summed E-state index contributed by atoms with van der Waals surface area (Å²) in [6.07, 6.45) is 2.96. The van der Waals surface area contributed by atoms with E-state index in [9.17, 15) is 9.59 Å². The van der Waals surface area contributed by atoms with Gasteiger partial charge in [0.05, 0.1) is 16.6 Å². The van der Waals surface area contributed by atoms with Crippen LogP contribution >= 0.6 is 11.6 Å². The van der Waals surface area contributed by atoms with Gasteiger partial charge in [0.1, 0.15) is 23.3 Å². The van der Waals surface area contributed by atoms with Crippen LogP contribution < -0.4 is 14.8 Å². The van der Waals surface area contributed by atoms with Gasteiger partial charge in [-0.3, -0.25) is 4.79 Å². The van der Waals surface area contributed by atoms with Crippen LogP contribution in [0.15, 0.2) is 42.5 Å². The van der Waals surface area contributed by atoms with Gasteiger partial charge in [0.25, 0.3) is 5.91 Å². The van der Waals surface area contributed by atoms with Crippen LogP contribution in [-0.4, -0.2) is 48.2 Å². The SMILES string of the molecule is CNC(=O)c1cc2c(c(F)c1-c1c(Cl)c(F)cc3c1C[C@](c1ccccc1)([C@@H]1CC4(CC4)CN1C(=O)OC(C)(C)C)O3)OC1CC21.